The fraction of sp³-hybridized carbons (Fsp3) is 0.250. The quantitative estimate of drug-likeness (QED) is 0.489. The predicted octanol–water partition coefficient (Wildman–Crippen LogP) is 3.80. The Hall–Kier alpha value is -3.76. The van der Waals surface area contributed by atoms with Gasteiger partial charge in [0.25, 0.3) is 5.91 Å². The zero-order valence-corrected chi connectivity index (χ0v) is 16.8. The molecular weight excluding hydrogens is 413 g/mol. The van der Waals surface area contributed by atoms with Crippen molar-refractivity contribution in [2.75, 3.05) is 13.6 Å². The highest BCUT2D eigenvalue weighted by Gasteiger charge is 2.38. The third-order valence-electron chi connectivity index (χ3n) is 4.92. The second-order valence-electron chi connectivity index (χ2n) is 6.89. The molecule has 4 aromatic rings. The minimum atomic E-state index is -4.72. The highest BCUT2D eigenvalue weighted by atomic mass is 19.4. The first-order chi connectivity index (χ1) is 14.7. The van der Waals surface area contributed by atoms with Crippen molar-refractivity contribution in [3.63, 3.8) is 0 Å². The van der Waals surface area contributed by atoms with Gasteiger partial charge in [-0.2, -0.15) is 18.2 Å². The van der Waals surface area contributed by atoms with Crippen molar-refractivity contribution in [1.82, 2.24) is 29.6 Å². The second kappa shape index (κ2) is 7.49. The minimum Gasteiger partial charge on any atom is -0.341 e. The number of rotatable bonds is 4. The number of nitrogens with zero attached hydrogens (tertiary/aromatic N) is 6. The Kier molecular flexibility index (Phi) is 4.96. The standard InChI is InChI=1S/C20H17F3N6O2/c1-4-28(2)18(30)15-9-12-8-14(25-10-16(12)29(15)3)13-7-11(5-6-24-13)17-26-19(31-27-17)20(21,22)23/h5-10H,4H2,1-3H3. The number of fused-ring (bicyclic) bond motifs is 1. The van der Waals surface area contributed by atoms with E-state index < -0.39 is 12.1 Å². The number of alkyl halides is 3. The normalized spacial score (nSPS) is 11.8. The van der Waals surface area contributed by atoms with Gasteiger partial charge in [0.2, 0.25) is 5.82 Å². The summed E-state index contributed by atoms with van der Waals surface area (Å²) in [6.07, 6.45) is -1.67. The Balaban J connectivity index is 1.72. The van der Waals surface area contributed by atoms with Gasteiger partial charge < -0.3 is 14.0 Å². The molecule has 0 aliphatic rings. The molecule has 0 saturated heterocycles. The smallest absolute Gasteiger partial charge is 0.341 e. The topological polar surface area (TPSA) is 89.9 Å². The maximum absolute atomic E-state index is 12.7. The lowest BCUT2D eigenvalue weighted by molar-refractivity contribution is -0.159. The maximum atomic E-state index is 12.7. The fourth-order valence-electron chi connectivity index (χ4n) is 3.08. The average Bonchev–Trinajstić information content (AvgIpc) is 3.38. The third-order valence-corrected chi connectivity index (χ3v) is 4.92. The lowest BCUT2D eigenvalue weighted by Crippen LogP contribution is -2.27. The van der Waals surface area contributed by atoms with Crippen LogP contribution in [0.25, 0.3) is 33.7 Å². The molecule has 0 N–H and O–H groups in total. The number of pyridine rings is 2. The van der Waals surface area contributed by atoms with E-state index in [1.807, 2.05) is 6.92 Å². The van der Waals surface area contributed by atoms with E-state index in [2.05, 4.69) is 24.6 Å². The van der Waals surface area contributed by atoms with Gasteiger partial charge in [0.05, 0.1) is 23.1 Å². The first-order valence-electron chi connectivity index (χ1n) is 9.27. The van der Waals surface area contributed by atoms with E-state index in [1.54, 1.807) is 41.9 Å². The van der Waals surface area contributed by atoms with Crippen molar-refractivity contribution in [3.8, 4) is 22.8 Å². The summed E-state index contributed by atoms with van der Waals surface area (Å²) in [5.41, 5.74) is 2.49. The molecule has 0 bridgehead atoms. The summed E-state index contributed by atoms with van der Waals surface area (Å²) in [5, 5.41) is 4.18. The van der Waals surface area contributed by atoms with Crippen molar-refractivity contribution >= 4 is 16.8 Å². The summed E-state index contributed by atoms with van der Waals surface area (Å²) in [7, 11) is 3.51. The van der Waals surface area contributed by atoms with Crippen molar-refractivity contribution in [3.05, 3.63) is 48.2 Å². The van der Waals surface area contributed by atoms with Gasteiger partial charge in [-0.25, -0.2) is 0 Å². The molecule has 4 rings (SSSR count). The zero-order valence-electron chi connectivity index (χ0n) is 16.8. The van der Waals surface area contributed by atoms with Crippen LogP contribution in [0.5, 0.6) is 0 Å². The van der Waals surface area contributed by atoms with E-state index in [0.717, 1.165) is 10.9 Å². The van der Waals surface area contributed by atoms with Gasteiger partial charge in [0, 0.05) is 37.8 Å². The summed E-state index contributed by atoms with van der Waals surface area (Å²) in [5.74, 6) is -1.73. The molecule has 160 valence electrons. The van der Waals surface area contributed by atoms with Crippen molar-refractivity contribution in [2.24, 2.45) is 7.05 Å². The van der Waals surface area contributed by atoms with Crippen LogP contribution in [0.15, 0.2) is 41.2 Å². The van der Waals surface area contributed by atoms with E-state index in [0.29, 0.717) is 29.2 Å². The predicted molar refractivity (Wildman–Crippen MR) is 105 cm³/mol. The van der Waals surface area contributed by atoms with E-state index in [9.17, 15) is 18.0 Å². The van der Waals surface area contributed by atoms with Gasteiger partial charge in [-0.3, -0.25) is 14.8 Å². The number of hydrogen-bond acceptors (Lipinski definition) is 6. The van der Waals surface area contributed by atoms with Crippen LogP contribution in [-0.4, -0.2) is 49.1 Å². The van der Waals surface area contributed by atoms with E-state index in [-0.39, 0.29) is 11.7 Å². The molecule has 11 heteroatoms. The second-order valence-corrected chi connectivity index (χ2v) is 6.89. The van der Waals surface area contributed by atoms with Crippen LogP contribution < -0.4 is 0 Å². The van der Waals surface area contributed by atoms with Gasteiger partial charge >= 0.3 is 12.1 Å². The molecule has 4 aromatic heterocycles. The molecule has 4 heterocycles. The summed E-state index contributed by atoms with van der Waals surface area (Å²) < 4.78 is 44.2. The fourth-order valence-corrected chi connectivity index (χ4v) is 3.08. The molecule has 0 aliphatic carbocycles. The van der Waals surface area contributed by atoms with E-state index in [1.165, 1.54) is 18.3 Å². The highest BCUT2D eigenvalue weighted by Crippen LogP contribution is 2.30. The largest absolute Gasteiger partial charge is 0.471 e. The molecule has 0 saturated carbocycles. The monoisotopic (exact) mass is 430 g/mol. The van der Waals surface area contributed by atoms with Crippen LogP contribution in [0.3, 0.4) is 0 Å². The highest BCUT2D eigenvalue weighted by molar-refractivity contribution is 5.99. The van der Waals surface area contributed by atoms with Crippen molar-refractivity contribution in [2.45, 2.75) is 13.1 Å². The molecule has 0 radical (unpaired) electrons. The maximum Gasteiger partial charge on any atom is 0.471 e. The van der Waals surface area contributed by atoms with Crippen molar-refractivity contribution in [1.29, 1.82) is 0 Å². The van der Waals surface area contributed by atoms with Gasteiger partial charge in [-0.15, -0.1) is 0 Å². The van der Waals surface area contributed by atoms with Crippen molar-refractivity contribution < 1.29 is 22.5 Å². The average molecular weight is 430 g/mol. The first kappa shape index (κ1) is 20.5. The van der Waals surface area contributed by atoms with Gasteiger partial charge in [-0.1, -0.05) is 5.16 Å². The van der Waals surface area contributed by atoms with Crippen LogP contribution in [0, 0.1) is 0 Å². The van der Waals surface area contributed by atoms with Crippen LogP contribution in [0.1, 0.15) is 23.3 Å². The van der Waals surface area contributed by atoms with Crippen LogP contribution in [-0.2, 0) is 13.2 Å². The first-order valence-corrected chi connectivity index (χ1v) is 9.27. The zero-order chi connectivity index (χ0) is 22.3. The summed E-state index contributed by atoms with van der Waals surface area (Å²) in [6, 6.07) is 6.54. The summed E-state index contributed by atoms with van der Waals surface area (Å²) in [4.78, 5) is 26.2. The lowest BCUT2D eigenvalue weighted by Gasteiger charge is -2.14. The number of halogens is 3. The number of amides is 1. The van der Waals surface area contributed by atoms with Crippen LogP contribution in [0.4, 0.5) is 13.2 Å². The Bertz CT molecular complexity index is 1280. The molecule has 0 atom stereocenters. The SMILES string of the molecule is CCN(C)C(=O)c1cc2cc(-c3cc(-c4noc(C(F)(F)F)n4)ccn3)ncc2n1C. The minimum absolute atomic E-state index is 0.111. The number of aryl methyl sites for hydroxylation is 1. The van der Waals surface area contributed by atoms with Gasteiger partial charge in [0.1, 0.15) is 5.69 Å². The molecule has 0 aliphatic heterocycles. The van der Waals surface area contributed by atoms with E-state index in [4.69, 9.17) is 0 Å². The molecular formula is C20H17F3N6O2. The summed E-state index contributed by atoms with van der Waals surface area (Å²) in [6.45, 7) is 2.47. The Morgan fingerprint density at radius 1 is 1.19 bits per heavy atom. The molecule has 8 nitrogen and oxygen atoms in total. The number of carbonyl (C=O) groups is 1. The van der Waals surface area contributed by atoms with Crippen LogP contribution in [0.2, 0.25) is 0 Å². The Morgan fingerprint density at radius 2 is 1.94 bits per heavy atom. The molecule has 0 fully saturated rings. The Morgan fingerprint density at radius 3 is 2.61 bits per heavy atom. The molecule has 31 heavy (non-hydrogen) atoms. The number of hydrogen-bond donors (Lipinski definition) is 0. The van der Waals surface area contributed by atoms with Gasteiger partial charge in [0.15, 0.2) is 0 Å². The number of carbonyl (C=O) groups excluding carboxylic acids is 1. The molecule has 0 aromatic carbocycles. The van der Waals surface area contributed by atoms with Crippen LogP contribution >= 0.6 is 0 Å². The van der Waals surface area contributed by atoms with Gasteiger partial charge in [-0.05, 0) is 31.2 Å². The summed E-state index contributed by atoms with van der Waals surface area (Å²) >= 11 is 0. The lowest BCUT2D eigenvalue weighted by atomic mass is 10.1. The molecule has 0 unspecified atom stereocenters. The third kappa shape index (κ3) is 3.74. The van der Waals surface area contributed by atoms with E-state index >= 15 is 0 Å². The Labute approximate surface area is 174 Å². The molecule has 1 amide bonds. The number of aromatic nitrogens is 5. The molecule has 0 spiro atoms.